The van der Waals surface area contributed by atoms with Crippen molar-refractivity contribution in [3.8, 4) is 147 Å². The van der Waals surface area contributed by atoms with Gasteiger partial charge in [0.2, 0.25) is 10.6 Å². The summed E-state index contributed by atoms with van der Waals surface area (Å²) in [6, 6.07) is 109. The van der Waals surface area contributed by atoms with Crippen molar-refractivity contribution in [2.75, 3.05) is 0 Å². The predicted octanol–water partition coefficient (Wildman–Crippen LogP) is 22.4. The minimum Gasteiger partial charge on any atom is -0.423 e. The van der Waals surface area contributed by atoms with E-state index in [-0.39, 0.29) is 10.6 Å². The quantitative estimate of drug-likeness (QED) is 0.0761. The van der Waals surface area contributed by atoms with Gasteiger partial charge in [0.25, 0.3) is 0 Å². The third-order valence-electron chi connectivity index (χ3n) is 21.4. The lowest BCUT2D eigenvalue weighted by Gasteiger charge is -2.16. The van der Waals surface area contributed by atoms with Gasteiger partial charge in [-0.1, -0.05) is 285 Å². The molecule has 0 aliphatic rings. The average molecular weight is 1600 g/mol. The molecule has 0 saturated carbocycles. The van der Waals surface area contributed by atoms with Crippen LogP contribution in [0.3, 0.4) is 0 Å². The van der Waals surface area contributed by atoms with E-state index in [1.165, 1.54) is 0 Å². The molecule has 0 fully saturated rings. The van der Waals surface area contributed by atoms with Gasteiger partial charge in [0.15, 0.2) is 58.2 Å². The second-order valence-electron chi connectivity index (χ2n) is 28.8. The Morgan fingerprint density at radius 2 is 0.405 bits per heavy atom. The first-order valence-corrected chi connectivity index (χ1v) is 39.7. The van der Waals surface area contributed by atoms with E-state index in [1.807, 2.05) is 182 Å². The van der Waals surface area contributed by atoms with Crippen LogP contribution in [0.15, 0.2) is 365 Å². The molecule has 121 heavy (non-hydrogen) atoms. The van der Waals surface area contributed by atoms with Crippen molar-refractivity contribution in [3.05, 3.63) is 375 Å². The molecule has 22 aromatic rings. The molecule has 15 aromatic carbocycles. The molecule has 2 N–H and O–H groups in total. The molecule has 0 radical (unpaired) electrons. The highest BCUT2D eigenvalue weighted by Gasteiger charge is 2.24. The summed E-state index contributed by atoms with van der Waals surface area (Å²) in [5.74, 6) is 5.70. The van der Waals surface area contributed by atoms with Crippen LogP contribution in [0.25, 0.3) is 212 Å². The highest BCUT2D eigenvalue weighted by atomic mass is 35.5. The fourth-order valence-electron chi connectivity index (χ4n) is 15.5. The lowest BCUT2D eigenvalue weighted by atomic mass is 9.80. The Kier molecular flexibility index (Phi) is 19.9. The van der Waals surface area contributed by atoms with E-state index in [1.54, 1.807) is 36.9 Å². The van der Waals surface area contributed by atoms with E-state index in [4.69, 9.17) is 73.1 Å². The maximum absolute atomic E-state index is 8.93. The molecule has 0 atom stereocenters. The van der Waals surface area contributed by atoms with Crippen LogP contribution in [0, 0.1) is 0 Å². The summed E-state index contributed by atoms with van der Waals surface area (Å²) in [6.07, 6.45) is 10.8. The Bertz CT molecular complexity index is 7140. The summed E-state index contributed by atoms with van der Waals surface area (Å²) in [7, 11) is -1.41. The molecule has 0 aliphatic heterocycles. The molecule has 0 spiro atoms. The summed E-state index contributed by atoms with van der Waals surface area (Å²) in [5, 5.41) is 31.2. The van der Waals surface area contributed by atoms with E-state index in [0.29, 0.717) is 63.7 Å². The topological polar surface area (TPSA) is 234 Å². The second kappa shape index (κ2) is 32.5. The number of hydrogen-bond donors (Lipinski definition) is 2. The lowest BCUT2D eigenvalue weighted by molar-refractivity contribution is 0.426. The molecule has 0 amide bonds. The Balaban J connectivity index is 0.000000139. The first kappa shape index (κ1) is 74.3. The van der Waals surface area contributed by atoms with Gasteiger partial charge in [0, 0.05) is 92.8 Å². The fourth-order valence-corrected chi connectivity index (χ4v) is 15.8. The van der Waals surface area contributed by atoms with Gasteiger partial charge in [-0.15, -0.1) is 0 Å². The molecule has 22 rings (SSSR count). The SMILES string of the molecule is Clc1nc(-c2ccccc2)nc(-c2ccc3ccc4c(-c5nc(Cl)nc(-c6ccccc6)n5)ccc5ccc2c3c54)n1.OB(O)c1ccc(-c2cccnc2)cc1.c1ccc(-c2nc(-c3ccc(-c4cccnc4)cc3)nc(-c3ccc4ccc5c(-c6nc(-c7ccccc7)nc(-c7ccc(-c8cccnc8)cc7)n6)ccc6ccc3c4c65)n2)cc1. The third-order valence-corrected chi connectivity index (χ3v) is 21.7. The van der Waals surface area contributed by atoms with Crippen LogP contribution in [0.2, 0.25) is 10.6 Å². The van der Waals surface area contributed by atoms with Crippen LogP contribution in [-0.4, -0.2) is 91.9 Å². The van der Waals surface area contributed by atoms with E-state index >= 15 is 0 Å². The predicted molar refractivity (Wildman–Crippen MR) is 484 cm³/mol. The van der Waals surface area contributed by atoms with Crippen molar-refractivity contribution in [2.45, 2.75) is 0 Å². The summed E-state index contributed by atoms with van der Waals surface area (Å²) < 4.78 is 0. The van der Waals surface area contributed by atoms with Gasteiger partial charge >= 0.3 is 7.12 Å². The van der Waals surface area contributed by atoms with E-state index in [9.17, 15) is 0 Å². The molecule has 20 heteroatoms. The molecule has 0 bridgehead atoms. The highest BCUT2D eigenvalue weighted by Crippen LogP contribution is 2.45. The Morgan fingerprint density at radius 1 is 0.190 bits per heavy atom. The van der Waals surface area contributed by atoms with Crippen molar-refractivity contribution in [1.29, 1.82) is 0 Å². The van der Waals surface area contributed by atoms with Crippen molar-refractivity contribution in [1.82, 2.24) is 74.8 Å². The summed E-state index contributed by atoms with van der Waals surface area (Å²) in [6.45, 7) is 0. The Morgan fingerprint density at radius 3 is 0.669 bits per heavy atom. The van der Waals surface area contributed by atoms with Crippen LogP contribution in [-0.2, 0) is 0 Å². The van der Waals surface area contributed by atoms with E-state index < -0.39 is 7.12 Å². The van der Waals surface area contributed by atoms with Crippen molar-refractivity contribution in [3.63, 3.8) is 0 Å². The normalized spacial score (nSPS) is 11.3. The van der Waals surface area contributed by atoms with Gasteiger partial charge in [-0.2, -0.15) is 19.9 Å². The van der Waals surface area contributed by atoms with Crippen LogP contribution >= 0.6 is 23.2 Å². The van der Waals surface area contributed by atoms with E-state index in [2.05, 4.69) is 180 Å². The van der Waals surface area contributed by atoms with Crippen molar-refractivity contribution >= 4 is 100 Å². The molecule has 0 aliphatic carbocycles. The number of aromatic nitrogens is 15. The monoisotopic (exact) mass is 1600 g/mol. The minimum atomic E-state index is -1.41. The number of pyridine rings is 3. The number of hydrogen-bond acceptors (Lipinski definition) is 17. The largest absolute Gasteiger partial charge is 0.488 e. The summed E-state index contributed by atoms with van der Waals surface area (Å²) >= 11 is 12.8. The summed E-state index contributed by atoms with van der Waals surface area (Å²) in [5.41, 5.74) is 15.7. The number of benzene rings is 15. The van der Waals surface area contributed by atoms with Crippen LogP contribution in [0.5, 0.6) is 0 Å². The molecule has 7 heterocycles. The zero-order chi connectivity index (χ0) is 81.3. The molecule has 17 nitrogen and oxygen atoms in total. The molecule has 7 aromatic heterocycles. The standard InChI is InChI=1S/C56H34N8.C34H18Cl2N6.C11H10BNO2/c1-3-9-39(10-4-1)51-59-53(41-19-15-35(16-20-41)43-13-7-31-57-33-43)63-55(61-51)47-29-25-37-24-28-46-48(30-26-38-23-27-45(47)49(37)50(38)46)56-62-52(40-11-5-2-6-12-40)60-54(64-56)42-21-17-36(18-22-42)44-14-8-32-58-34-44;35-33-39-29(21-7-3-1-4-8-21)37-31(41-33)25-17-13-19-12-16-24-26(18-14-20-11-15-23(25)27(19)28(20)24)32-38-30(40-34(36)42-32)22-9-5-2-6-10-22;14-12(15)11-5-3-9(4-6-11)10-2-1-7-13-8-10/h1-34H;1-18H;1-8,14-15H. The van der Waals surface area contributed by atoms with Crippen LogP contribution < -0.4 is 5.46 Å². The van der Waals surface area contributed by atoms with Gasteiger partial charge in [0.1, 0.15) is 0 Å². The van der Waals surface area contributed by atoms with E-state index in [0.717, 1.165) is 154 Å². The third kappa shape index (κ3) is 15.0. The van der Waals surface area contributed by atoms with Crippen LogP contribution in [0.4, 0.5) is 0 Å². The smallest absolute Gasteiger partial charge is 0.423 e. The molecule has 570 valence electrons. The molecular formula is C101H62BCl2N15O2. The number of nitrogens with zero attached hydrogens (tertiary/aromatic N) is 15. The lowest BCUT2D eigenvalue weighted by Crippen LogP contribution is -2.29. The zero-order valence-electron chi connectivity index (χ0n) is 64.1. The summed E-state index contributed by atoms with van der Waals surface area (Å²) in [4.78, 5) is 70.8. The first-order chi connectivity index (χ1) is 59.6. The maximum Gasteiger partial charge on any atom is 0.488 e. The number of halogens is 2. The van der Waals surface area contributed by atoms with Gasteiger partial charge in [0.05, 0.1) is 0 Å². The van der Waals surface area contributed by atoms with Gasteiger partial charge in [-0.3, -0.25) is 15.0 Å². The fraction of sp³-hybridized carbons (Fsp3) is 0. The van der Waals surface area contributed by atoms with Crippen molar-refractivity contribution < 1.29 is 10.0 Å². The highest BCUT2D eigenvalue weighted by molar-refractivity contribution is 6.58. The van der Waals surface area contributed by atoms with Crippen LogP contribution in [0.1, 0.15) is 0 Å². The Labute approximate surface area is 703 Å². The maximum atomic E-state index is 8.93. The van der Waals surface area contributed by atoms with Gasteiger partial charge in [-0.05, 0) is 169 Å². The van der Waals surface area contributed by atoms with Gasteiger partial charge in [-0.25, -0.2) is 39.9 Å². The van der Waals surface area contributed by atoms with Gasteiger partial charge < -0.3 is 10.0 Å². The molecular weight excluding hydrogens is 1540 g/mol. The Hall–Kier alpha value is -15.6. The average Bonchev–Trinajstić information content (AvgIpc) is 0.728. The van der Waals surface area contributed by atoms with Crippen molar-refractivity contribution in [2.24, 2.45) is 0 Å². The second-order valence-corrected chi connectivity index (χ2v) is 29.4. The minimum absolute atomic E-state index is 0.146. The molecule has 0 unspecified atom stereocenters. The molecule has 0 saturated heterocycles. The first-order valence-electron chi connectivity index (χ1n) is 39.0. The zero-order valence-corrected chi connectivity index (χ0v) is 65.6. The number of rotatable bonds is 14.